The van der Waals surface area contributed by atoms with Crippen LogP contribution in [-0.2, 0) is 11.2 Å². The fourth-order valence-electron chi connectivity index (χ4n) is 2.91. The second-order valence-corrected chi connectivity index (χ2v) is 6.34. The van der Waals surface area contributed by atoms with Crippen LogP contribution in [0.2, 0.25) is 0 Å². The summed E-state index contributed by atoms with van der Waals surface area (Å²) in [5, 5.41) is 3.21. The lowest BCUT2D eigenvalue weighted by Gasteiger charge is -2.15. The van der Waals surface area contributed by atoms with Crippen molar-refractivity contribution < 1.29 is 13.6 Å². The predicted molar refractivity (Wildman–Crippen MR) is 98.2 cm³/mol. The fraction of sp³-hybridized carbons (Fsp3) is 0.250. The summed E-state index contributed by atoms with van der Waals surface area (Å²) in [6.45, 7) is 1.64. The highest BCUT2D eigenvalue weighted by Crippen LogP contribution is 2.18. The van der Waals surface area contributed by atoms with Crippen LogP contribution in [-0.4, -0.2) is 15.9 Å². The van der Waals surface area contributed by atoms with Gasteiger partial charge in [-0.2, -0.15) is 0 Å². The van der Waals surface area contributed by atoms with Crippen LogP contribution in [0.4, 0.5) is 8.78 Å². The molecule has 0 radical (unpaired) electrons. The summed E-state index contributed by atoms with van der Waals surface area (Å²) in [6.07, 6.45) is 1.11. The first kappa shape index (κ1) is 18.7. The minimum atomic E-state index is -0.694. The van der Waals surface area contributed by atoms with Gasteiger partial charge >= 0.3 is 0 Å². The van der Waals surface area contributed by atoms with Gasteiger partial charge in [-0.1, -0.05) is 18.2 Å². The average molecular weight is 371 g/mol. The standard InChI is InChI=1S/C20H19F2N3O2/c1-12(14-10-9-13(21)11-16(14)22)23-19(26)8-4-7-18-24-17-6-3-2-5-15(17)20(27)25-18/h2-3,5-6,9-12H,4,7-8H2,1H3,(H,23,26)(H,24,25,27). The number of H-pyrrole nitrogens is 1. The first-order chi connectivity index (χ1) is 12.9. The number of aryl methyl sites for hydroxylation is 1. The number of benzene rings is 2. The van der Waals surface area contributed by atoms with Crippen molar-refractivity contribution in [2.24, 2.45) is 0 Å². The number of rotatable bonds is 6. The van der Waals surface area contributed by atoms with Gasteiger partial charge in [-0.25, -0.2) is 13.8 Å². The van der Waals surface area contributed by atoms with Crippen molar-refractivity contribution in [2.75, 3.05) is 0 Å². The monoisotopic (exact) mass is 371 g/mol. The smallest absolute Gasteiger partial charge is 0.258 e. The highest BCUT2D eigenvalue weighted by atomic mass is 19.1. The van der Waals surface area contributed by atoms with Gasteiger partial charge in [0.2, 0.25) is 5.91 Å². The van der Waals surface area contributed by atoms with Gasteiger partial charge in [-0.15, -0.1) is 0 Å². The molecule has 2 N–H and O–H groups in total. The van der Waals surface area contributed by atoms with Crippen molar-refractivity contribution in [3.8, 4) is 0 Å². The molecular formula is C20H19F2N3O2. The van der Waals surface area contributed by atoms with Crippen LogP contribution < -0.4 is 10.9 Å². The van der Waals surface area contributed by atoms with Gasteiger partial charge in [0.05, 0.1) is 16.9 Å². The number of nitrogens with one attached hydrogen (secondary N) is 2. The molecule has 1 heterocycles. The van der Waals surface area contributed by atoms with Crippen molar-refractivity contribution in [1.82, 2.24) is 15.3 Å². The lowest BCUT2D eigenvalue weighted by atomic mass is 10.1. The Kier molecular flexibility index (Phi) is 5.59. The van der Waals surface area contributed by atoms with E-state index in [4.69, 9.17) is 0 Å². The molecule has 0 aliphatic heterocycles. The van der Waals surface area contributed by atoms with Crippen LogP contribution in [0.5, 0.6) is 0 Å². The van der Waals surface area contributed by atoms with E-state index in [9.17, 15) is 18.4 Å². The first-order valence-electron chi connectivity index (χ1n) is 8.66. The Labute approximate surface area is 154 Å². The van der Waals surface area contributed by atoms with E-state index in [1.807, 2.05) is 6.07 Å². The van der Waals surface area contributed by atoms with Crippen molar-refractivity contribution >= 4 is 16.8 Å². The molecule has 5 nitrogen and oxygen atoms in total. The summed E-state index contributed by atoms with van der Waals surface area (Å²) in [6, 6.07) is 9.74. The van der Waals surface area contributed by atoms with Crippen LogP contribution in [0.15, 0.2) is 47.3 Å². The van der Waals surface area contributed by atoms with Crippen LogP contribution >= 0.6 is 0 Å². The van der Waals surface area contributed by atoms with E-state index in [-0.39, 0.29) is 23.5 Å². The highest BCUT2D eigenvalue weighted by Gasteiger charge is 2.14. The molecule has 3 rings (SSSR count). The van der Waals surface area contributed by atoms with Crippen LogP contribution in [0.3, 0.4) is 0 Å². The fourth-order valence-corrected chi connectivity index (χ4v) is 2.91. The molecule has 1 aromatic heterocycles. The van der Waals surface area contributed by atoms with Gasteiger partial charge in [0.15, 0.2) is 0 Å². The third kappa shape index (κ3) is 4.55. The molecule has 140 valence electrons. The first-order valence-corrected chi connectivity index (χ1v) is 8.66. The molecule has 1 atom stereocenters. The normalized spacial score (nSPS) is 12.1. The molecule has 3 aromatic rings. The largest absolute Gasteiger partial charge is 0.349 e. The number of aromatic amines is 1. The lowest BCUT2D eigenvalue weighted by Crippen LogP contribution is -2.27. The molecule has 0 bridgehead atoms. The molecular weight excluding hydrogens is 352 g/mol. The molecule has 27 heavy (non-hydrogen) atoms. The molecule has 0 saturated heterocycles. The number of amides is 1. The van der Waals surface area contributed by atoms with E-state index in [1.165, 1.54) is 6.07 Å². The number of nitrogens with zero attached hydrogens (tertiary/aromatic N) is 1. The molecule has 2 aromatic carbocycles. The highest BCUT2D eigenvalue weighted by molar-refractivity contribution is 5.77. The second kappa shape index (κ2) is 8.07. The van der Waals surface area contributed by atoms with Crippen LogP contribution in [0.25, 0.3) is 10.9 Å². The van der Waals surface area contributed by atoms with Crippen LogP contribution in [0, 0.1) is 11.6 Å². The zero-order chi connectivity index (χ0) is 19.4. The van der Waals surface area contributed by atoms with E-state index in [0.29, 0.717) is 29.6 Å². The number of hydrogen-bond acceptors (Lipinski definition) is 3. The summed E-state index contributed by atoms with van der Waals surface area (Å²) in [4.78, 5) is 31.2. The zero-order valence-electron chi connectivity index (χ0n) is 14.8. The summed E-state index contributed by atoms with van der Waals surface area (Å²) in [7, 11) is 0. The molecule has 0 aliphatic rings. The Morgan fingerprint density at radius 3 is 2.78 bits per heavy atom. The van der Waals surface area contributed by atoms with Gasteiger partial charge < -0.3 is 10.3 Å². The maximum Gasteiger partial charge on any atom is 0.258 e. The van der Waals surface area contributed by atoms with Crippen molar-refractivity contribution in [3.05, 3.63) is 75.8 Å². The number of para-hydroxylation sites is 1. The third-order valence-electron chi connectivity index (χ3n) is 4.29. The Bertz CT molecular complexity index is 1030. The number of hydrogen-bond donors (Lipinski definition) is 2. The number of fused-ring (bicyclic) bond motifs is 1. The van der Waals surface area contributed by atoms with E-state index in [2.05, 4.69) is 15.3 Å². The predicted octanol–water partition coefficient (Wildman–Crippen LogP) is 3.40. The van der Waals surface area contributed by atoms with E-state index >= 15 is 0 Å². The van der Waals surface area contributed by atoms with E-state index in [1.54, 1.807) is 25.1 Å². The quantitative estimate of drug-likeness (QED) is 0.697. The number of halogens is 2. The second-order valence-electron chi connectivity index (χ2n) is 6.34. The molecule has 0 spiro atoms. The number of aromatic nitrogens is 2. The summed E-state index contributed by atoms with van der Waals surface area (Å²) >= 11 is 0. The topological polar surface area (TPSA) is 74.8 Å². The lowest BCUT2D eigenvalue weighted by molar-refractivity contribution is -0.121. The number of carbonyl (C=O) groups is 1. The molecule has 7 heteroatoms. The zero-order valence-corrected chi connectivity index (χ0v) is 14.8. The maximum absolute atomic E-state index is 13.8. The third-order valence-corrected chi connectivity index (χ3v) is 4.29. The minimum Gasteiger partial charge on any atom is -0.349 e. The van der Waals surface area contributed by atoms with Gasteiger partial charge in [-0.3, -0.25) is 9.59 Å². The summed E-state index contributed by atoms with van der Waals surface area (Å²) < 4.78 is 26.7. The Morgan fingerprint density at radius 2 is 2.00 bits per heavy atom. The Morgan fingerprint density at radius 1 is 1.22 bits per heavy atom. The summed E-state index contributed by atoms with van der Waals surface area (Å²) in [5.74, 6) is -1.09. The van der Waals surface area contributed by atoms with Crippen molar-refractivity contribution in [1.29, 1.82) is 0 Å². The van der Waals surface area contributed by atoms with E-state index in [0.717, 1.165) is 12.1 Å². The Balaban J connectivity index is 1.56. The SMILES string of the molecule is CC(NC(=O)CCCc1nc2ccccc2c(=O)[nH]1)c1ccc(F)cc1F. The Hall–Kier alpha value is -3.09. The average Bonchev–Trinajstić information content (AvgIpc) is 2.61. The van der Waals surface area contributed by atoms with Crippen LogP contribution in [0.1, 0.15) is 37.2 Å². The molecule has 0 saturated carbocycles. The van der Waals surface area contributed by atoms with Gasteiger partial charge in [0.1, 0.15) is 17.5 Å². The molecule has 1 amide bonds. The molecule has 0 aliphatic carbocycles. The van der Waals surface area contributed by atoms with Gasteiger partial charge in [0, 0.05) is 24.5 Å². The number of carbonyl (C=O) groups excluding carboxylic acids is 1. The maximum atomic E-state index is 13.8. The molecule has 0 fully saturated rings. The summed E-state index contributed by atoms with van der Waals surface area (Å²) in [5.41, 5.74) is 0.631. The molecule has 1 unspecified atom stereocenters. The van der Waals surface area contributed by atoms with Crippen molar-refractivity contribution in [3.63, 3.8) is 0 Å². The van der Waals surface area contributed by atoms with Gasteiger partial charge in [-0.05, 0) is 31.5 Å². The van der Waals surface area contributed by atoms with E-state index < -0.39 is 17.7 Å². The van der Waals surface area contributed by atoms with Crippen molar-refractivity contribution in [2.45, 2.75) is 32.2 Å². The minimum absolute atomic E-state index is 0.198. The van der Waals surface area contributed by atoms with Gasteiger partial charge in [0.25, 0.3) is 5.56 Å².